The lowest BCUT2D eigenvalue weighted by Crippen LogP contribution is -1.90. The van der Waals surface area contributed by atoms with Crippen LogP contribution in [-0.2, 0) is 0 Å². The van der Waals surface area contributed by atoms with Crippen LogP contribution >= 0.6 is 23.2 Å². The van der Waals surface area contributed by atoms with Gasteiger partial charge < -0.3 is 0 Å². The summed E-state index contributed by atoms with van der Waals surface area (Å²) in [5.74, 6) is -1.36. The maximum Gasteiger partial charge on any atom is 0.220 e. The Hall–Kier alpha value is -1.19. The van der Waals surface area contributed by atoms with Gasteiger partial charge >= 0.3 is 0 Å². The lowest BCUT2D eigenvalue weighted by atomic mass is 10.1. The largest absolute Gasteiger partial charge is 0.225 e. The maximum atomic E-state index is 13.3. The van der Waals surface area contributed by atoms with E-state index in [4.69, 9.17) is 23.2 Å². The van der Waals surface area contributed by atoms with E-state index in [1.165, 1.54) is 12.1 Å². The zero-order valence-corrected chi connectivity index (χ0v) is 9.36. The van der Waals surface area contributed by atoms with Gasteiger partial charge in [-0.15, -0.1) is 0 Å². The van der Waals surface area contributed by atoms with Crippen molar-refractivity contribution in [2.75, 3.05) is 0 Å². The summed E-state index contributed by atoms with van der Waals surface area (Å²) in [5.41, 5.74) is 0.484. The summed E-state index contributed by atoms with van der Waals surface area (Å²) >= 11 is 11.5. The highest BCUT2D eigenvalue weighted by molar-refractivity contribution is 6.42. The van der Waals surface area contributed by atoms with E-state index in [1.54, 1.807) is 6.07 Å². The average Bonchev–Trinajstić information content (AvgIpc) is 2.26. The first-order chi connectivity index (χ1) is 7.58. The second-order valence-electron chi connectivity index (χ2n) is 3.12. The van der Waals surface area contributed by atoms with E-state index in [2.05, 4.69) is 4.98 Å². The highest BCUT2D eigenvalue weighted by Crippen LogP contribution is 2.29. The van der Waals surface area contributed by atoms with E-state index in [0.29, 0.717) is 10.6 Å². The van der Waals surface area contributed by atoms with E-state index in [9.17, 15) is 8.78 Å². The van der Waals surface area contributed by atoms with Gasteiger partial charge in [-0.25, -0.2) is 9.37 Å². The van der Waals surface area contributed by atoms with Crippen LogP contribution in [0.5, 0.6) is 0 Å². The van der Waals surface area contributed by atoms with Gasteiger partial charge in [0, 0.05) is 5.56 Å². The van der Waals surface area contributed by atoms with Crippen molar-refractivity contribution in [2.24, 2.45) is 0 Å². The number of rotatable bonds is 1. The highest BCUT2D eigenvalue weighted by Gasteiger charge is 2.09. The van der Waals surface area contributed by atoms with E-state index in [0.717, 1.165) is 12.3 Å². The van der Waals surface area contributed by atoms with Crippen LogP contribution in [0.4, 0.5) is 8.78 Å². The quantitative estimate of drug-likeness (QED) is 0.695. The van der Waals surface area contributed by atoms with Crippen molar-refractivity contribution in [2.45, 2.75) is 0 Å². The zero-order valence-electron chi connectivity index (χ0n) is 7.85. The minimum absolute atomic E-state index is 0.0542. The second-order valence-corrected chi connectivity index (χ2v) is 3.94. The summed E-state index contributed by atoms with van der Waals surface area (Å²) in [7, 11) is 0. The molecule has 2 aromatic rings. The first kappa shape index (κ1) is 11.3. The Labute approximate surface area is 101 Å². The monoisotopic (exact) mass is 259 g/mol. The fraction of sp³-hybridized carbons (Fsp3) is 0. The summed E-state index contributed by atoms with van der Waals surface area (Å²) in [6.45, 7) is 0. The third-order valence-electron chi connectivity index (χ3n) is 2.04. The third-order valence-corrected chi connectivity index (χ3v) is 2.78. The van der Waals surface area contributed by atoms with Crippen LogP contribution in [0.1, 0.15) is 0 Å². The van der Waals surface area contributed by atoms with Crippen molar-refractivity contribution in [1.29, 1.82) is 0 Å². The molecule has 0 aliphatic carbocycles. The molecule has 0 aliphatic heterocycles. The van der Waals surface area contributed by atoms with E-state index >= 15 is 0 Å². The Morgan fingerprint density at radius 3 is 2.44 bits per heavy atom. The van der Waals surface area contributed by atoms with Gasteiger partial charge in [0.2, 0.25) is 5.95 Å². The predicted octanol–water partition coefficient (Wildman–Crippen LogP) is 4.33. The molecule has 0 saturated carbocycles. The minimum atomic E-state index is -0.750. The minimum Gasteiger partial charge on any atom is -0.225 e. The Bertz CT molecular complexity index is 544. The number of nitrogens with zero attached hydrogens (tertiary/aromatic N) is 1. The SMILES string of the molecule is Fc1cnc(F)c(-c2ccc(Cl)c(Cl)c2)c1. The molecule has 0 atom stereocenters. The van der Waals surface area contributed by atoms with Crippen LogP contribution in [0, 0.1) is 11.8 Å². The molecule has 1 aromatic carbocycles. The number of hydrogen-bond donors (Lipinski definition) is 0. The highest BCUT2D eigenvalue weighted by atomic mass is 35.5. The third kappa shape index (κ3) is 2.15. The Balaban J connectivity index is 2.58. The molecule has 82 valence electrons. The topological polar surface area (TPSA) is 12.9 Å². The first-order valence-electron chi connectivity index (χ1n) is 4.34. The van der Waals surface area contributed by atoms with E-state index < -0.39 is 11.8 Å². The Morgan fingerprint density at radius 1 is 1.00 bits per heavy atom. The number of pyridine rings is 1. The first-order valence-corrected chi connectivity index (χ1v) is 5.10. The molecule has 0 radical (unpaired) electrons. The molecule has 0 spiro atoms. The van der Waals surface area contributed by atoms with Gasteiger partial charge in [-0.2, -0.15) is 4.39 Å². The number of hydrogen-bond acceptors (Lipinski definition) is 1. The maximum absolute atomic E-state index is 13.3. The van der Waals surface area contributed by atoms with Gasteiger partial charge in [0.05, 0.1) is 16.2 Å². The molecule has 1 heterocycles. The van der Waals surface area contributed by atoms with Crippen molar-refractivity contribution in [3.8, 4) is 11.1 Å². The smallest absolute Gasteiger partial charge is 0.220 e. The van der Waals surface area contributed by atoms with Crippen molar-refractivity contribution in [1.82, 2.24) is 4.98 Å². The van der Waals surface area contributed by atoms with Gasteiger partial charge in [-0.1, -0.05) is 29.3 Å². The summed E-state index contributed by atoms with van der Waals surface area (Å²) < 4.78 is 26.3. The van der Waals surface area contributed by atoms with Crippen molar-refractivity contribution >= 4 is 23.2 Å². The molecular weight excluding hydrogens is 255 g/mol. The van der Waals surface area contributed by atoms with Gasteiger partial charge in [0.1, 0.15) is 5.82 Å². The number of benzene rings is 1. The van der Waals surface area contributed by atoms with Crippen LogP contribution < -0.4 is 0 Å². The van der Waals surface area contributed by atoms with Gasteiger partial charge in [-0.3, -0.25) is 0 Å². The lowest BCUT2D eigenvalue weighted by Gasteiger charge is -2.04. The van der Waals surface area contributed by atoms with Crippen molar-refractivity contribution in [3.63, 3.8) is 0 Å². The zero-order chi connectivity index (χ0) is 11.7. The van der Waals surface area contributed by atoms with Crippen molar-refractivity contribution in [3.05, 3.63) is 52.3 Å². The molecular formula is C11H5Cl2F2N. The lowest BCUT2D eigenvalue weighted by molar-refractivity contribution is 0.563. The van der Waals surface area contributed by atoms with Crippen LogP contribution in [0.25, 0.3) is 11.1 Å². The van der Waals surface area contributed by atoms with Crippen LogP contribution in [0.3, 0.4) is 0 Å². The van der Waals surface area contributed by atoms with E-state index in [-0.39, 0.29) is 10.6 Å². The summed E-state index contributed by atoms with van der Waals surface area (Å²) in [6.07, 6.45) is 0.816. The average molecular weight is 260 g/mol. The predicted molar refractivity (Wildman–Crippen MR) is 59.6 cm³/mol. The molecule has 0 bridgehead atoms. The van der Waals surface area contributed by atoms with Gasteiger partial charge in [-0.05, 0) is 23.8 Å². The molecule has 0 fully saturated rings. The molecule has 1 aromatic heterocycles. The molecule has 0 aliphatic rings. The molecule has 0 unspecified atom stereocenters. The molecule has 5 heteroatoms. The Kier molecular flexibility index (Phi) is 3.08. The molecule has 0 N–H and O–H groups in total. The van der Waals surface area contributed by atoms with Gasteiger partial charge in [0.25, 0.3) is 0 Å². The van der Waals surface area contributed by atoms with Gasteiger partial charge in [0.15, 0.2) is 0 Å². The number of aromatic nitrogens is 1. The Morgan fingerprint density at radius 2 is 1.75 bits per heavy atom. The van der Waals surface area contributed by atoms with Crippen LogP contribution in [-0.4, -0.2) is 4.98 Å². The standard InChI is InChI=1S/C11H5Cl2F2N/c12-9-2-1-6(3-10(9)13)8-4-7(14)5-16-11(8)15/h1-5H. The fourth-order valence-electron chi connectivity index (χ4n) is 1.29. The number of halogens is 4. The summed E-state index contributed by atoms with van der Waals surface area (Å²) in [6, 6.07) is 5.59. The van der Waals surface area contributed by atoms with E-state index in [1.807, 2.05) is 0 Å². The fourth-order valence-corrected chi connectivity index (χ4v) is 1.59. The summed E-state index contributed by atoms with van der Waals surface area (Å²) in [4.78, 5) is 3.29. The van der Waals surface area contributed by atoms with Crippen LogP contribution in [0.15, 0.2) is 30.5 Å². The molecule has 1 nitrogen and oxygen atoms in total. The summed E-state index contributed by atoms with van der Waals surface area (Å²) in [5, 5.41) is 0.637. The molecule has 2 rings (SSSR count). The van der Waals surface area contributed by atoms with Crippen LogP contribution in [0.2, 0.25) is 10.0 Å². The normalized spacial score (nSPS) is 10.5. The molecule has 16 heavy (non-hydrogen) atoms. The van der Waals surface area contributed by atoms with Crippen molar-refractivity contribution < 1.29 is 8.78 Å². The second kappa shape index (κ2) is 4.36. The molecule has 0 saturated heterocycles. The molecule has 0 amide bonds.